The Kier molecular flexibility index (Phi) is 5.31. The van der Waals surface area contributed by atoms with Crippen LogP contribution >= 0.6 is 0 Å². The van der Waals surface area contributed by atoms with Gasteiger partial charge in [-0.25, -0.2) is 0 Å². The Balaban J connectivity index is 1.89. The monoisotopic (exact) mass is 290 g/mol. The average molecular weight is 290 g/mol. The van der Waals surface area contributed by atoms with Gasteiger partial charge in [-0.05, 0) is 30.2 Å². The minimum absolute atomic E-state index is 0.545. The van der Waals surface area contributed by atoms with Crippen molar-refractivity contribution in [2.45, 2.75) is 13.8 Å². The largest absolute Gasteiger partial charge is 0.497 e. The molecule has 116 valence electrons. The number of hydrogen-bond acceptors (Lipinski definition) is 3. The molecule has 2 rings (SSSR count). The standard InChI is InChI=1S/C16H26N4O/c1-13(2)12-18-16(17)20-10-8-19(9-11-20)14-4-6-15(21-3)7-5-14/h4-7,13H,8-12H2,1-3H3,(H2,17,18). The molecule has 0 spiro atoms. The van der Waals surface area contributed by atoms with Gasteiger partial charge in [0, 0.05) is 38.4 Å². The third-order valence-corrected chi connectivity index (χ3v) is 3.66. The van der Waals surface area contributed by atoms with Gasteiger partial charge in [0.2, 0.25) is 0 Å². The summed E-state index contributed by atoms with van der Waals surface area (Å²) in [5.74, 6) is 2.12. The molecule has 0 aromatic heterocycles. The van der Waals surface area contributed by atoms with Crippen LogP contribution in [0.4, 0.5) is 5.69 Å². The highest BCUT2D eigenvalue weighted by Crippen LogP contribution is 2.20. The van der Waals surface area contributed by atoms with Crippen molar-refractivity contribution in [3.05, 3.63) is 24.3 Å². The van der Waals surface area contributed by atoms with Gasteiger partial charge in [0.05, 0.1) is 7.11 Å². The highest BCUT2D eigenvalue weighted by Gasteiger charge is 2.18. The first kappa shape index (κ1) is 15.5. The highest BCUT2D eigenvalue weighted by molar-refractivity contribution is 5.78. The smallest absolute Gasteiger partial charge is 0.191 e. The first-order valence-electron chi connectivity index (χ1n) is 7.54. The number of benzene rings is 1. The first-order valence-corrected chi connectivity index (χ1v) is 7.54. The van der Waals surface area contributed by atoms with Gasteiger partial charge in [0.15, 0.2) is 5.96 Å². The van der Waals surface area contributed by atoms with Gasteiger partial charge in [-0.3, -0.25) is 4.99 Å². The number of piperazine rings is 1. The van der Waals surface area contributed by atoms with Crippen molar-refractivity contribution < 1.29 is 4.74 Å². The normalized spacial score (nSPS) is 16.5. The van der Waals surface area contributed by atoms with Gasteiger partial charge in [-0.1, -0.05) is 13.8 Å². The van der Waals surface area contributed by atoms with Crippen LogP contribution < -0.4 is 15.4 Å². The van der Waals surface area contributed by atoms with Crippen molar-refractivity contribution in [1.82, 2.24) is 4.90 Å². The maximum atomic E-state index is 6.06. The highest BCUT2D eigenvalue weighted by atomic mass is 16.5. The number of hydrogen-bond donors (Lipinski definition) is 1. The van der Waals surface area contributed by atoms with Gasteiger partial charge in [0.1, 0.15) is 5.75 Å². The summed E-state index contributed by atoms with van der Waals surface area (Å²) in [5, 5.41) is 0. The lowest BCUT2D eigenvalue weighted by Crippen LogP contribution is -2.51. The number of anilines is 1. The van der Waals surface area contributed by atoms with Crippen molar-refractivity contribution in [1.29, 1.82) is 0 Å². The summed E-state index contributed by atoms with van der Waals surface area (Å²) >= 11 is 0. The average Bonchev–Trinajstić information content (AvgIpc) is 2.53. The van der Waals surface area contributed by atoms with E-state index in [1.54, 1.807) is 7.11 Å². The Morgan fingerprint density at radius 2 is 1.81 bits per heavy atom. The van der Waals surface area contributed by atoms with E-state index in [0.29, 0.717) is 11.9 Å². The molecule has 1 fully saturated rings. The molecule has 5 heteroatoms. The zero-order valence-electron chi connectivity index (χ0n) is 13.2. The zero-order valence-corrected chi connectivity index (χ0v) is 13.2. The lowest BCUT2D eigenvalue weighted by Gasteiger charge is -2.36. The molecule has 5 nitrogen and oxygen atoms in total. The summed E-state index contributed by atoms with van der Waals surface area (Å²) < 4.78 is 5.19. The van der Waals surface area contributed by atoms with Crippen LogP contribution in [0.5, 0.6) is 5.75 Å². The second-order valence-electron chi connectivity index (χ2n) is 5.76. The van der Waals surface area contributed by atoms with Crippen molar-refractivity contribution in [3.8, 4) is 5.75 Å². The van der Waals surface area contributed by atoms with Gasteiger partial charge in [-0.2, -0.15) is 0 Å². The summed E-state index contributed by atoms with van der Waals surface area (Å²) in [6, 6.07) is 8.20. The predicted octanol–water partition coefficient (Wildman–Crippen LogP) is 1.79. The second kappa shape index (κ2) is 7.20. The zero-order chi connectivity index (χ0) is 15.2. The molecule has 0 atom stereocenters. The minimum Gasteiger partial charge on any atom is -0.497 e. The van der Waals surface area contributed by atoms with Gasteiger partial charge in [0.25, 0.3) is 0 Å². The number of nitrogens with zero attached hydrogens (tertiary/aromatic N) is 3. The van der Waals surface area contributed by atoms with E-state index in [1.807, 2.05) is 12.1 Å². The third kappa shape index (κ3) is 4.28. The number of ether oxygens (including phenoxy) is 1. The van der Waals surface area contributed by atoms with E-state index in [1.165, 1.54) is 5.69 Å². The molecule has 2 N–H and O–H groups in total. The topological polar surface area (TPSA) is 54.1 Å². The fourth-order valence-electron chi connectivity index (χ4n) is 2.36. The maximum absolute atomic E-state index is 6.06. The molecular formula is C16H26N4O. The summed E-state index contributed by atoms with van der Waals surface area (Å²) in [6.45, 7) is 8.86. The molecule has 0 amide bonds. The molecule has 0 bridgehead atoms. The lowest BCUT2D eigenvalue weighted by atomic mass is 10.2. The minimum atomic E-state index is 0.545. The molecule has 1 aromatic carbocycles. The molecule has 0 radical (unpaired) electrons. The summed E-state index contributed by atoms with van der Waals surface area (Å²) in [7, 11) is 1.69. The van der Waals surface area contributed by atoms with Crippen LogP contribution in [0.25, 0.3) is 0 Å². The Morgan fingerprint density at radius 1 is 1.19 bits per heavy atom. The molecule has 1 aromatic rings. The summed E-state index contributed by atoms with van der Waals surface area (Å²) in [4.78, 5) is 8.99. The van der Waals surface area contributed by atoms with E-state index >= 15 is 0 Å². The predicted molar refractivity (Wildman–Crippen MR) is 88.1 cm³/mol. The van der Waals surface area contributed by atoms with E-state index in [9.17, 15) is 0 Å². The first-order chi connectivity index (χ1) is 10.1. The number of guanidine groups is 1. The molecule has 1 heterocycles. The van der Waals surface area contributed by atoms with Crippen LogP contribution in [0.3, 0.4) is 0 Å². The summed E-state index contributed by atoms with van der Waals surface area (Å²) in [6.07, 6.45) is 0. The van der Waals surface area contributed by atoms with Crippen molar-refractivity contribution in [2.24, 2.45) is 16.6 Å². The number of methoxy groups -OCH3 is 1. The molecule has 0 unspecified atom stereocenters. The van der Waals surface area contributed by atoms with Gasteiger partial charge < -0.3 is 20.3 Å². The van der Waals surface area contributed by atoms with E-state index in [4.69, 9.17) is 10.5 Å². The number of nitrogens with two attached hydrogens (primary N) is 1. The Morgan fingerprint density at radius 3 is 2.33 bits per heavy atom. The molecule has 0 aliphatic carbocycles. The molecule has 1 aliphatic rings. The molecule has 1 saturated heterocycles. The summed E-state index contributed by atoms with van der Waals surface area (Å²) in [5.41, 5.74) is 7.29. The van der Waals surface area contributed by atoms with E-state index in [-0.39, 0.29) is 0 Å². The third-order valence-electron chi connectivity index (χ3n) is 3.66. The van der Waals surface area contributed by atoms with Gasteiger partial charge in [-0.15, -0.1) is 0 Å². The number of aliphatic imine (C=N–C) groups is 1. The Hall–Kier alpha value is -1.91. The SMILES string of the molecule is COc1ccc(N2CCN(C(N)=NCC(C)C)CC2)cc1. The van der Waals surface area contributed by atoms with Crippen LogP contribution in [0, 0.1) is 5.92 Å². The van der Waals surface area contributed by atoms with Crippen LogP contribution in [-0.4, -0.2) is 50.7 Å². The fraction of sp³-hybridized carbons (Fsp3) is 0.562. The molecule has 1 aliphatic heterocycles. The van der Waals surface area contributed by atoms with E-state index in [2.05, 4.69) is 40.8 Å². The Bertz CT molecular complexity index is 462. The van der Waals surface area contributed by atoms with Crippen molar-refractivity contribution in [3.63, 3.8) is 0 Å². The van der Waals surface area contributed by atoms with Crippen molar-refractivity contribution >= 4 is 11.6 Å². The second-order valence-corrected chi connectivity index (χ2v) is 5.76. The van der Waals surface area contributed by atoms with Crippen molar-refractivity contribution in [2.75, 3.05) is 44.7 Å². The van der Waals surface area contributed by atoms with Crippen LogP contribution in [-0.2, 0) is 0 Å². The fourth-order valence-corrected chi connectivity index (χ4v) is 2.36. The Labute approximate surface area is 127 Å². The molecule has 0 saturated carbocycles. The van der Waals surface area contributed by atoms with E-state index < -0.39 is 0 Å². The van der Waals surface area contributed by atoms with Crippen LogP contribution in [0.1, 0.15) is 13.8 Å². The molecule has 21 heavy (non-hydrogen) atoms. The molecular weight excluding hydrogens is 264 g/mol. The lowest BCUT2D eigenvalue weighted by molar-refractivity contribution is 0.379. The van der Waals surface area contributed by atoms with Crippen LogP contribution in [0.2, 0.25) is 0 Å². The maximum Gasteiger partial charge on any atom is 0.191 e. The number of rotatable bonds is 4. The quantitative estimate of drug-likeness (QED) is 0.678. The van der Waals surface area contributed by atoms with Crippen LogP contribution in [0.15, 0.2) is 29.3 Å². The van der Waals surface area contributed by atoms with E-state index in [0.717, 1.165) is 38.5 Å². The van der Waals surface area contributed by atoms with Gasteiger partial charge >= 0.3 is 0 Å².